The molecule has 90 valence electrons. The number of nitrogens with zero attached hydrogens (tertiary/aromatic N) is 1. The van der Waals surface area contributed by atoms with E-state index in [-0.39, 0.29) is 0 Å². The molecule has 2 aromatic rings. The number of carboxylic acids is 1. The number of carboxylic acid groups (broad SMARTS) is 1. The fourth-order valence-corrected chi connectivity index (χ4v) is 1.82. The van der Waals surface area contributed by atoms with E-state index in [1.54, 1.807) is 12.1 Å². The predicted molar refractivity (Wildman–Crippen MR) is 64.2 cm³/mol. The number of furan rings is 1. The number of rotatable bonds is 3. The first-order valence-electron chi connectivity index (χ1n) is 5.51. The van der Waals surface area contributed by atoms with Gasteiger partial charge in [0, 0.05) is 17.4 Å². The molecule has 0 atom stereocenters. The predicted octanol–water partition coefficient (Wildman–Crippen LogP) is 1.65. The lowest BCUT2D eigenvalue weighted by Crippen LogP contribution is -2.23. The number of fused-ring (bicyclic) bond motifs is 1. The van der Waals surface area contributed by atoms with Gasteiger partial charge in [-0.25, -0.2) is 0 Å². The van der Waals surface area contributed by atoms with E-state index in [2.05, 4.69) is 0 Å². The van der Waals surface area contributed by atoms with Gasteiger partial charge >= 0.3 is 0 Å². The van der Waals surface area contributed by atoms with Crippen LogP contribution in [0.4, 0.5) is 0 Å². The highest BCUT2D eigenvalue weighted by Gasteiger charge is 2.11. The minimum atomic E-state index is -1.48. The summed E-state index contributed by atoms with van der Waals surface area (Å²) in [5, 5.41) is 20.3. The second-order valence-electron chi connectivity index (χ2n) is 3.75. The highest BCUT2D eigenvalue weighted by Crippen LogP contribution is 2.28. The molecular weight excluding hydrogens is 230 g/mol. The second kappa shape index (κ2) is 4.76. The molecule has 4 heteroatoms. The van der Waals surface area contributed by atoms with Gasteiger partial charge in [-0.1, -0.05) is 25.1 Å². The SMILES string of the molecule is CCc1oc2ccccc2c1/C=C(\C#N)C(=O)[O-]. The van der Waals surface area contributed by atoms with Crippen molar-refractivity contribution in [1.82, 2.24) is 0 Å². The molecule has 0 aliphatic carbocycles. The van der Waals surface area contributed by atoms with E-state index in [9.17, 15) is 9.90 Å². The average molecular weight is 240 g/mol. The second-order valence-corrected chi connectivity index (χ2v) is 3.75. The topological polar surface area (TPSA) is 77.1 Å². The standard InChI is InChI=1S/C14H11NO3/c1-2-12-11(7-9(8-15)14(16)17)10-5-3-4-6-13(10)18-12/h3-7H,2H2,1H3,(H,16,17)/p-1/b9-7+. The first kappa shape index (κ1) is 11.9. The summed E-state index contributed by atoms with van der Waals surface area (Å²) >= 11 is 0. The fourth-order valence-electron chi connectivity index (χ4n) is 1.82. The van der Waals surface area contributed by atoms with Crippen molar-refractivity contribution in [3.05, 3.63) is 41.2 Å². The third kappa shape index (κ3) is 1.98. The molecule has 0 fully saturated rings. The summed E-state index contributed by atoms with van der Waals surface area (Å²) in [6, 6.07) is 8.91. The molecule has 0 saturated heterocycles. The molecule has 1 aromatic heterocycles. The third-order valence-electron chi connectivity index (χ3n) is 2.66. The molecule has 0 aliphatic heterocycles. The Hall–Kier alpha value is -2.54. The zero-order valence-electron chi connectivity index (χ0n) is 9.77. The molecule has 0 bridgehead atoms. The van der Waals surface area contributed by atoms with Crippen molar-refractivity contribution in [3.8, 4) is 6.07 Å². The van der Waals surface area contributed by atoms with Crippen molar-refractivity contribution in [1.29, 1.82) is 5.26 Å². The number of aryl methyl sites for hydroxylation is 1. The molecular formula is C14H10NO3-. The molecule has 1 aromatic carbocycles. The van der Waals surface area contributed by atoms with E-state index in [0.717, 1.165) is 5.39 Å². The minimum absolute atomic E-state index is 0.406. The summed E-state index contributed by atoms with van der Waals surface area (Å²) in [5.74, 6) is -0.824. The lowest BCUT2D eigenvalue weighted by atomic mass is 10.1. The van der Waals surface area contributed by atoms with Gasteiger partial charge in [0.25, 0.3) is 0 Å². The van der Waals surface area contributed by atoms with Crippen LogP contribution in [-0.4, -0.2) is 5.97 Å². The number of benzene rings is 1. The van der Waals surface area contributed by atoms with E-state index in [0.29, 0.717) is 23.3 Å². The maximum Gasteiger partial charge on any atom is 0.134 e. The highest BCUT2D eigenvalue weighted by molar-refractivity contribution is 5.99. The summed E-state index contributed by atoms with van der Waals surface area (Å²) in [5.41, 5.74) is 0.904. The van der Waals surface area contributed by atoms with Crippen LogP contribution in [0.5, 0.6) is 0 Å². The van der Waals surface area contributed by atoms with Gasteiger partial charge in [0.2, 0.25) is 0 Å². The Balaban J connectivity index is 2.70. The number of carbonyl (C=O) groups excluding carboxylic acids is 1. The van der Waals surface area contributed by atoms with Crippen LogP contribution in [0.25, 0.3) is 17.0 Å². The molecule has 0 radical (unpaired) electrons. The van der Waals surface area contributed by atoms with Gasteiger partial charge in [0.15, 0.2) is 0 Å². The Kier molecular flexibility index (Phi) is 3.16. The molecule has 1 heterocycles. The maximum atomic E-state index is 10.8. The van der Waals surface area contributed by atoms with Crippen LogP contribution >= 0.6 is 0 Å². The molecule has 0 saturated carbocycles. The largest absolute Gasteiger partial charge is 0.544 e. The lowest BCUT2D eigenvalue weighted by Gasteiger charge is -1.99. The molecule has 0 N–H and O–H groups in total. The maximum absolute atomic E-state index is 10.8. The lowest BCUT2D eigenvalue weighted by molar-refractivity contribution is -0.298. The van der Waals surface area contributed by atoms with Gasteiger partial charge in [-0.3, -0.25) is 0 Å². The Morgan fingerprint density at radius 2 is 2.22 bits per heavy atom. The smallest absolute Gasteiger partial charge is 0.134 e. The zero-order valence-corrected chi connectivity index (χ0v) is 9.77. The number of nitriles is 1. The summed E-state index contributed by atoms with van der Waals surface area (Å²) in [6.45, 7) is 1.90. The average Bonchev–Trinajstić information content (AvgIpc) is 2.73. The molecule has 0 amide bonds. The van der Waals surface area contributed by atoms with Crippen LogP contribution in [0.15, 0.2) is 34.3 Å². The van der Waals surface area contributed by atoms with Crippen LogP contribution in [0, 0.1) is 11.3 Å². The van der Waals surface area contributed by atoms with Gasteiger partial charge in [-0.15, -0.1) is 0 Å². The summed E-state index contributed by atoms with van der Waals surface area (Å²) < 4.78 is 5.61. The Morgan fingerprint density at radius 1 is 1.50 bits per heavy atom. The van der Waals surface area contributed by atoms with Crippen LogP contribution in [0.1, 0.15) is 18.2 Å². The van der Waals surface area contributed by atoms with Crippen LogP contribution < -0.4 is 5.11 Å². The molecule has 2 rings (SSSR count). The van der Waals surface area contributed by atoms with Crippen molar-refractivity contribution < 1.29 is 14.3 Å². The van der Waals surface area contributed by atoms with Gasteiger partial charge < -0.3 is 14.3 Å². The zero-order chi connectivity index (χ0) is 13.1. The number of hydrogen-bond donors (Lipinski definition) is 0. The van der Waals surface area contributed by atoms with Crippen LogP contribution in [0.3, 0.4) is 0 Å². The number of para-hydroxylation sites is 1. The van der Waals surface area contributed by atoms with Crippen molar-refractivity contribution in [2.45, 2.75) is 13.3 Å². The monoisotopic (exact) mass is 240 g/mol. The molecule has 0 aliphatic rings. The van der Waals surface area contributed by atoms with E-state index < -0.39 is 11.5 Å². The van der Waals surface area contributed by atoms with Crippen molar-refractivity contribution >= 4 is 23.0 Å². The number of aliphatic carboxylic acids is 1. The summed E-state index contributed by atoms with van der Waals surface area (Å²) in [4.78, 5) is 10.8. The Labute approximate surface area is 104 Å². The molecule has 4 nitrogen and oxygen atoms in total. The van der Waals surface area contributed by atoms with E-state index in [4.69, 9.17) is 9.68 Å². The summed E-state index contributed by atoms with van der Waals surface area (Å²) in [7, 11) is 0. The minimum Gasteiger partial charge on any atom is -0.544 e. The normalized spacial score (nSPS) is 11.4. The van der Waals surface area contributed by atoms with Gasteiger partial charge in [-0.05, 0) is 12.1 Å². The highest BCUT2D eigenvalue weighted by atomic mass is 16.4. The quantitative estimate of drug-likeness (QED) is 0.603. The summed E-state index contributed by atoms with van der Waals surface area (Å²) in [6.07, 6.45) is 1.92. The van der Waals surface area contributed by atoms with E-state index in [1.807, 2.05) is 25.1 Å². The first-order valence-corrected chi connectivity index (χ1v) is 5.51. The van der Waals surface area contributed by atoms with Crippen LogP contribution in [0.2, 0.25) is 0 Å². The third-order valence-corrected chi connectivity index (χ3v) is 2.66. The molecule has 0 unspecified atom stereocenters. The van der Waals surface area contributed by atoms with Crippen molar-refractivity contribution in [2.24, 2.45) is 0 Å². The Bertz CT molecular complexity index is 674. The fraction of sp³-hybridized carbons (Fsp3) is 0.143. The van der Waals surface area contributed by atoms with Gasteiger partial charge in [0.1, 0.15) is 17.4 Å². The van der Waals surface area contributed by atoms with Gasteiger partial charge in [0.05, 0.1) is 11.5 Å². The number of hydrogen-bond acceptors (Lipinski definition) is 4. The van der Waals surface area contributed by atoms with Gasteiger partial charge in [-0.2, -0.15) is 5.26 Å². The van der Waals surface area contributed by atoms with Crippen molar-refractivity contribution in [3.63, 3.8) is 0 Å². The molecule has 18 heavy (non-hydrogen) atoms. The van der Waals surface area contributed by atoms with E-state index >= 15 is 0 Å². The first-order chi connectivity index (χ1) is 8.67. The van der Waals surface area contributed by atoms with Crippen molar-refractivity contribution in [2.75, 3.05) is 0 Å². The number of carbonyl (C=O) groups is 1. The Morgan fingerprint density at radius 3 is 2.83 bits per heavy atom. The molecule has 0 spiro atoms. The van der Waals surface area contributed by atoms with Crippen LogP contribution in [-0.2, 0) is 11.2 Å². The van der Waals surface area contributed by atoms with E-state index in [1.165, 1.54) is 6.08 Å².